The van der Waals surface area contributed by atoms with E-state index in [9.17, 15) is 9.90 Å². The molecule has 0 unspecified atom stereocenters. The molecule has 1 aromatic rings. The lowest BCUT2D eigenvalue weighted by molar-refractivity contribution is -0.143. The number of aliphatic hydroxyl groups is 1. The number of hydrogen-bond donors (Lipinski definition) is 1. The first-order valence-electron chi connectivity index (χ1n) is 7.21. The highest BCUT2D eigenvalue weighted by atomic mass is 16.3. The van der Waals surface area contributed by atoms with Gasteiger partial charge in [0.25, 0.3) is 5.91 Å². The molecular weight excluding hydrogens is 266 g/mol. The molecule has 1 aliphatic rings. The maximum Gasteiger partial charge on any atom is 0.278 e. The average Bonchev–Trinajstić information content (AvgIpc) is 2.78. The summed E-state index contributed by atoms with van der Waals surface area (Å²) in [5.74, 6) is -0.137. The van der Waals surface area contributed by atoms with Crippen LogP contribution in [0, 0.1) is 11.3 Å². The van der Waals surface area contributed by atoms with Gasteiger partial charge in [-0.1, -0.05) is 34.6 Å². The Morgan fingerprint density at radius 1 is 1.43 bits per heavy atom. The van der Waals surface area contributed by atoms with E-state index < -0.39 is 11.1 Å². The first-order chi connectivity index (χ1) is 9.67. The van der Waals surface area contributed by atoms with Crippen molar-refractivity contribution in [1.29, 1.82) is 0 Å². The zero-order valence-corrected chi connectivity index (χ0v) is 13.3. The molecule has 1 atom stereocenters. The third-order valence-electron chi connectivity index (χ3n) is 3.97. The molecule has 1 aromatic heterocycles. The standard InChI is InChI=1S/C16H23N3O2/c1-11(2)13-9-16(21,15(3,4)5)19(18-13)14(20)12-7-6-8-17-10-12/h6-8,10-11,21H,9H2,1-5H3/t16-/m1/s1. The predicted octanol–water partition coefficient (Wildman–Crippen LogP) is 2.67. The third kappa shape index (κ3) is 2.70. The van der Waals surface area contributed by atoms with E-state index in [1.54, 1.807) is 18.3 Å². The van der Waals surface area contributed by atoms with E-state index in [0.717, 1.165) is 5.71 Å². The first-order valence-corrected chi connectivity index (χ1v) is 7.21. The number of carbonyl (C=O) groups excluding carboxylic acids is 1. The van der Waals surface area contributed by atoms with E-state index in [4.69, 9.17) is 0 Å². The first kappa shape index (κ1) is 15.6. The van der Waals surface area contributed by atoms with Crippen molar-refractivity contribution in [2.24, 2.45) is 16.4 Å². The maximum atomic E-state index is 12.7. The Hall–Kier alpha value is -1.75. The minimum Gasteiger partial charge on any atom is -0.368 e. The zero-order chi connectivity index (χ0) is 15.8. The quantitative estimate of drug-likeness (QED) is 0.910. The van der Waals surface area contributed by atoms with Crippen LogP contribution in [-0.4, -0.2) is 32.4 Å². The summed E-state index contributed by atoms with van der Waals surface area (Å²) in [7, 11) is 0. The van der Waals surface area contributed by atoms with Crippen molar-refractivity contribution in [2.75, 3.05) is 0 Å². The van der Waals surface area contributed by atoms with E-state index in [1.165, 1.54) is 11.2 Å². The third-order valence-corrected chi connectivity index (χ3v) is 3.97. The predicted molar refractivity (Wildman–Crippen MR) is 81.7 cm³/mol. The summed E-state index contributed by atoms with van der Waals surface area (Å²) in [5.41, 5.74) is -0.566. The lowest BCUT2D eigenvalue weighted by atomic mass is 9.79. The Balaban J connectivity index is 2.44. The highest BCUT2D eigenvalue weighted by molar-refractivity contribution is 5.98. The van der Waals surface area contributed by atoms with Crippen LogP contribution in [0.15, 0.2) is 29.6 Å². The van der Waals surface area contributed by atoms with Gasteiger partial charge in [0, 0.05) is 29.9 Å². The molecule has 1 aliphatic heterocycles. The average molecular weight is 289 g/mol. The number of carbonyl (C=O) groups is 1. The van der Waals surface area contributed by atoms with Crippen molar-refractivity contribution in [1.82, 2.24) is 9.99 Å². The lowest BCUT2D eigenvalue weighted by Gasteiger charge is -2.41. The summed E-state index contributed by atoms with van der Waals surface area (Å²) in [6, 6.07) is 3.38. The van der Waals surface area contributed by atoms with E-state index in [2.05, 4.69) is 10.1 Å². The number of nitrogens with zero attached hydrogens (tertiary/aromatic N) is 3. The summed E-state index contributed by atoms with van der Waals surface area (Å²) in [4.78, 5) is 16.7. The smallest absolute Gasteiger partial charge is 0.278 e. The van der Waals surface area contributed by atoms with Crippen LogP contribution in [0.5, 0.6) is 0 Å². The zero-order valence-electron chi connectivity index (χ0n) is 13.3. The second-order valence-electron chi connectivity index (χ2n) is 6.85. The van der Waals surface area contributed by atoms with Crippen LogP contribution in [0.4, 0.5) is 0 Å². The minimum atomic E-state index is -1.32. The summed E-state index contributed by atoms with van der Waals surface area (Å²) in [5, 5.41) is 16.8. The molecule has 2 heterocycles. The summed E-state index contributed by atoms with van der Waals surface area (Å²) < 4.78 is 0. The number of aromatic nitrogens is 1. The molecule has 0 saturated carbocycles. The molecule has 5 nitrogen and oxygen atoms in total. The van der Waals surface area contributed by atoms with Crippen LogP contribution in [0.1, 0.15) is 51.4 Å². The normalized spacial score (nSPS) is 22.6. The van der Waals surface area contributed by atoms with Crippen molar-refractivity contribution in [2.45, 2.75) is 46.8 Å². The Bertz CT molecular complexity index is 561. The molecular formula is C16H23N3O2. The van der Waals surface area contributed by atoms with Gasteiger partial charge < -0.3 is 5.11 Å². The van der Waals surface area contributed by atoms with Crippen molar-refractivity contribution in [3.63, 3.8) is 0 Å². The largest absolute Gasteiger partial charge is 0.368 e. The minimum absolute atomic E-state index is 0.186. The second-order valence-corrected chi connectivity index (χ2v) is 6.85. The molecule has 0 saturated heterocycles. The van der Waals surface area contributed by atoms with E-state index in [-0.39, 0.29) is 11.8 Å². The molecule has 0 spiro atoms. The SMILES string of the molecule is CC(C)C1=NN(C(=O)c2cccnc2)[C@](O)(C(C)(C)C)C1. The highest BCUT2D eigenvalue weighted by Gasteiger charge is 2.52. The van der Waals surface area contributed by atoms with Gasteiger partial charge in [-0.3, -0.25) is 9.78 Å². The van der Waals surface area contributed by atoms with E-state index in [0.29, 0.717) is 12.0 Å². The molecule has 0 bridgehead atoms. The van der Waals surface area contributed by atoms with Crippen LogP contribution >= 0.6 is 0 Å². The Kier molecular flexibility index (Phi) is 3.89. The molecule has 21 heavy (non-hydrogen) atoms. The summed E-state index contributed by atoms with van der Waals surface area (Å²) in [6.07, 6.45) is 3.48. The maximum absolute atomic E-state index is 12.7. The van der Waals surface area contributed by atoms with E-state index >= 15 is 0 Å². The van der Waals surface area contributed by atoms with Crippen LogP contribution in [-0.2, 0) is 0 Å². The molecule has 1 amide bonds. The van der Waals surface area contributed by atoms with Crippen molar-refractivity contribution in [3.8, 4) is 0 Å². The summed E-state index contributed by atoms with van der Waals surface area (Å²) in [6.45, 7) is 9.76. The van der Waals surface area contributed by atoms with Gasteiger partial charge in [-0.25, -0.2) is 0 Å². The van der Waals surface area contributed by atoms with Crippen molar-refractivity contribution >= 4 is 11.6 Å². The molecule has 2 rings (SSSR count). The highest BCUT2D eigenvalue weighted by Crippen LogP contribution is 2.42. The Morgan fingerprint density at radius 2 is 2.10 bits per heavy atom. The van der Waals surface area contributed by atoms with Gasteiger partial charge in [0.2, 0.25) is 0 Å². The second kappa shape index (κ2) is 5.22. The number of pyridine rings is 1. The Morgan fingerprint density at radius 3 is 2.57 bits per heavy atom. The van der Waals surface area contributed by atoms with Gasteiger partial charge in [0.15, 0.2) is 5.72 Å². The molecule has 0 radical (unpaired) electrons. The van der Waals surface area contributed by atoms with Crippen LogP contribution in [0.2, 0.25) is 0 Å². The number of hydrogen-bond acceptors (Lipinski definition) is 4. The van der Waals surface area contributed by atoms with Gasteiger partial charge in [-0.05, 0) is 18.1 Å². The molecule has 5 heteroatoms. The fourth-order valence-corrected chi connectivity index (χ4v) is 2.30. The molecule has 0 fully saturated rings. The van der Waals surface area contributed by atoms with Crippen molar-refractivity contribution < 1.29 is 9.90 Å². The van der Waals surface area contributed by atoms with Gasteiger partial charge in [0.05, 0.1) is 5.56 Å². The van der Waals surface area contributed by atoms with Crippen LogP contribution in [0.25, 0.3) is 0 Å². The van der Waals surface area contributed by atoms with Gasteiger partial charge >= 0.3 is 0 Å². The molecule has 1 N–H and O–H groups in total. The fourth-order valence-electron chi connectivity index (χ4n) is 2.30. The van der Waals surface area contributed by atoms with Crippen LogP contribution < -0.4 is 0 Å². The molecule has 114 valence electrons. The number of amides is 1. The topological polar surface area (TPSA) is 65.8 Å². The van der Waals surface area contributed by atoms with Gasteiger partial charge in [-0.15, -0.1) is 0 Å². The van der Waals surface area contributed by atoms with Gasteiger partial charge in [0.1, 0.15) is 0 Å². The van der Waals surface area contributed by atoms with Gasteiger partial charge in [-0.2, -0.15) is 10.1 Å². The van der Waals surface area contributed by atoms with Crippen LogP contribution in [0.3, 0.4) is 0 Å². The lowest BCUT2D eigenvalue weighted by Crippen LogP contribution is -2.55. The fraction of sp³-hybridized carbons (Fsp3) is 0.562. The monoisotopic (exact) mass is 289 g/mol. The number of rotatable bonds is 2. The summed E-state index contributed by atoms with van der Waals surface area (Å²) >= 11 is 0. The number of hydrazone groups is 1. The molecule has 0 aromatic carbocycles. The van der Waals surface area contributed by atoms with E-state index in [1.807, 2.05) is 34.6 Å². The van der Waals surface area contributed by atoms with Crippen molar-refractivity contribution in [3.05, 3.63) is 30.1 Å². The Labute approximate surface area is 125 Å². The molecule has 0 aliphatic carbocycles.